The van der Waals surface area contributed by atoms with E-state index in [9.17, 15) is 8.42 Å². The molecule has 0 spiro atoms. The van der Waals surface area contributed by atoms with Crippen molar-refractivity contribution >= 4 is 36.9 Å². The second-order valence-electron chi connectivity index (χ2n) is 4.48. The molecular formula is C15H12BrNO3S. The Hall–Kier alpha value is -1.79. The minimum Gasteiger partial charge on any atom is -0.496 e. The van der Waals surface area contributed by atoms with E-state index in [1.807, 2.05) is 0 Å². The molecule has 0 saturated heterocycles. The molecule has 1 heterocycles. The first kappa shape index (κ1) is 14.2. The first-order valence-corrected chi connectivity index (χ1v) is 8.42. The third-order valence-electron chi connectivity index (χ3n) is 3.23. The quantitative estimate of drug-likeness (QED) is 0.711. The molecule has 3 rings (SSSR count). The van der Waals surface area contributed by atoms with Crippen LogP contribution >= 0.6 is 15.9 Å². The van der Waals surface area contributed by atoms with Crippen molar-refractivity contribution in [1.29, 1.82) is 0 Å². The Morgan fingerprint density at radius 2 is 1.81 bits per heavy atom. The van der Waals surface area contributed by atoms with E-state index in [4.69, 9.17) is 4.74 Å². The highest BCUT2D eigenvalue weighted by atomic mass is 79.9. The highest BCUT2D eigenvalue weighted by molar-refractivity contribution is 9.10. The van der Waals surface area contributed by atoms with E-state index in [1.54, 1.807) is 61.8 Å². The van der Waals surface area contributed by atoms with Crippen LogP contribution in [0.15, 0.2) is 64.1 Å². The number of rotatable bonds is 3. The van der Waals surface area contributed by atoms with Crippen molar-refractivity contribution in [2.75, 3.05) is 7.11 Å². The van der Waals surface area contributed by atoms with Crippen LogP contribution in [-0.4, -0.2) is 19.5 Å². The molecular weight excluding hydrogens is 354 g/mol. The van der Waals surface area contributed by atoms with Gasteiger partial charge in [-0.15, -0.1) is 0 Å². The van der Waals surface area contributed by atoms with Crippen LogP contribution < -0.4 is 4.74 Å². The third kappa shape index (κ3) is 2.34. The van der Waals surface area contributed by atoms with Gasteiger partial charge in [-0.05, 0) is 46.3 Å². The van der Waals surface area contributed by atoms with Gasteiger partial charge >= 0.3 is 0 Å². The molecule has 3 aromatic rings. The van der Waals surface area contributed by atoms with Gasteiger partial charge in [0.05, 0.1) is 22.0 Å². The lowest BCUT2D eigenvalue weighted by molar-refractivity contribution is 0.413. The highest BCUT2D eigenvalue weighted by Crippen LogP contribution is 2.32. The number of hydrogen-bond donors (Lipinski definition) is 0. The van der Waals surface area contributed by atoms with Gasteiger partial charge in [-0.1, -0.05) is 18.2 Å². The molecule has 0 N–H and O–H groups in total. The number of aromatic nitrogens is 1. The Morgan fingerprint density at radius 3 is 2.48 bits per heavy atom. The zero-order valence-electron chi connectivity index (χ0n) is 11.2. The summed E-state index contributed by atoms with van der Waals surface area (Å²) in [5, 5.41) is 0.801. The molecule has 108 valence electrons. The van der Waals surface area contributed by atoms with Crippen LogP contribution in [0.5, 0.6) is 5.75 Å². The lowest BCUT2D eigenvalue weighted by Crippen LogP contribution is -2.11. The van der Waals surface area contributed by atoms with Gasteiger partial charge in [0.25, 0.3) is 10.0 Å². The molecule has 0 atom stereocenters. The van der Waals surface area contributed by atoms with Crippen molar-refractivity contribution in [2.24, 2.45) is 0 Å². The summed E-state index contributed by atoms with van der Waals surface area (Å²) in [7, 11) is -2.03. The van der Waals surface area contributed by atoms with Gasteiger partial charge in [0.2, 0.25) is 0 Å². The van der Waals surface area contributed by atoms with E-state index < -0.39 is 10.0 Å². The molecule has 2 aromatic carbocycles. The van der Waals surface area contributed by atoms with E-state index in [-0.39, 0.29) is 4.90 Å². The molecule has 21 heavy (non-hydrogen) atoms. The van der Waals surface area contributed by atoms with Crippen LogP contribution in [0.3, 0.4) is 0 Å². The van der Waals surface area contributed by atoms with E-state index in [0.717, 1.165) is 5.39 Å². The SMILES string of the molecule is COc1cc2ccn(S(=O)(=O)c3ccccc3)c2cc1Br. The van der Waals surface area contributed by atoms with Crippen LogP contribution in [-0.2, 0) is 10.0 Å². The highest BCUT2D eigenvalue weighted by Gasteiger charge is 2.19. The number of ether oxygens (including phenoxy) is 1. The number of halogens is 1. The monoisotopic (exact) mass is 365 g/mol. The zero-order chi connectivity index (χ0) is 15.0. The molecule has 0 unspecified atom stereocenters. The summed E-state index contributed by atoms with van der Waals surface area (Å²) in [6, 6.07) is 13.7. The summed E-state index contributed by atoms with van der Waals surface area (Å²) in [5.74, 6) is 0.664. The maximum atomic E-state index is 12.7. The van der Waals surface area contributed by atoms with E-state index in [1.165, 1.54) is 3.97 Å². The predicted octanol–water partition coefficient (Wildman–Crippen LogP) is 3.65. The molecule has 1 aromatic heterocycles. The Bertz CT molecular complexity index is 901. The smallest absolute Gasteiger partial charge is 0.268 e. The third-order valence-corrected chi connectivity index (χ3v) is 5.55. The van der Waals surface area contributed by atoms with Crippen molar-refractivity contribution in [3.63, 3.8) is 0 Å². The normalized spacial score (nSPS) is 11.7. The van der Waals surface area contributed by atoms with Gasteiger partial charge in [-0.3, -0.25) is 0 Å². The standard InChI is InChI=1S/C15H12BrNO3S/c1-20-15-9-11-7-8-17(14(11)10-13(15)16)21(18,19)12-5-3-2-4-6-12/h2-10H,1H3. The lowest BCUT2D eigenvalue weighted by atomic mass is 10.2. The molecule has 4 nitrogen and oxygen atoms in total. The summed E-state index contributed by atoms with van der Waals surface area (Å²) in [4.78, 5) is 0.259. The van der Waals surface area contributed by atoms with Crippen LogP contribution in [0.4, 0.5) is 0 Å². The average molecular weight is 366 g/mol. The largest absolute Gasteiger partial charge is 0.496 e. The maximum Gasteiger partial charge on any atom is 0.268 e. The van der Waals surface area contributed by atoms with E-state index >= 15 is 0 Å². The van der Waals surface area contributed by atoms with Crippen molar-refractivity contribution < 1.29 is 13.2 Å². The first-order valence-electron chi connectivity index (χ1n) is 6.19. The fourth-order valence-corrected chi connectivity index (χ4v) is 4.04. The van der Waals surface area contributed by atoms with E-state index in [2.05, 4.69) is 15.9 Å². The summed E-state index contributed by atoms with van der Waals surface area (Å²) >= 11 is 3.39. The van der Waals surface area contributed by atoms with Crippen molar-refractivity contribution in [1.82, 2.24) is 3.97 Å². The van der Waals surface area contributed by atoms with Crippen molar-refractivity contribution in [3.05, 3.63) is 59.2 Å². The van der Waals surface area contributed by atoms with Crippen LogP contribution in [0.1, 0.15) is 0 Å². The molecule has 0 aliphatic carbocycles. The van der Waals surface area contributed by atoms with Gasteiger partial charge in [-0.2, -0.15) is 0 Å². The lowest BCUT2D eigenvalue weighted by Gasteiger charge is -2.09. The number of hydrogen-bond acceptors (Lipinski definition) is 3. The number of nitrogens with zero attached hydrogens (tertiary/aromatic N) is 1. The van der Waals surface area contributed by atoms with Crippen LogP contribution in [0.2, 0.25) is 0 Å². The Labute approximate surface area is 131 Å². The minimum absolute atomic E-state index is 0.259. The molecule has 0 radical (unpaired) electrons. The predicted molar refractivity (Wildman–Crippen MR) is 85.2 cm³/mol. The van der Waals surface area contributed by atoms with E-state index in [0.29, 0.717) is 15.7 Å². The Morgan fingerprint density at radius 1 is 1.10 bits per heavy atom. The van der Waals surface area contributed by atoms with Crippen molar-refractivity contribution in [2.45, 2.75) is 4.90 Å². The second-order valence-corrected chi connectivity index (χ2v) is 7.14. The number of benzene rings is 2. The number of methoxy groups -OCH3 is 1. The van der Waals surface area contributed by atoms with Gasteiger partial charge in [-0.25, -0.2) is 12.4 Å². The molecule has 0 aliphatic heterocycles. The topological polar surface area (TPSA) is 48.3 Å². The fourth-order valence-electron chi connectivity index (χ4n) is 2.18. The molecule has 6 heteroatoms. The molecule has 0 fully saturated rings. The average Bonchev–Trinajstić information content (AvgIpc) is 2.90. The summed E-state index contributed by atoms with van der Waals surface area (Å²) in [6.45, 7) is 0. The van der Waals surface area contributed by atoms with Gasteiger partial charge < -0.3 is 4.74 Å². The molecule has 0 amide bonds. The van der Waals surface area contributed by atoms with Crippen LogP contribution in [0.25, 0.3) is 10.9 Å². The van der Waals surface area contributed by atoms with Crippen molar-refractivity contribution in [3.8, 4) is 5.75 Å². The zero-order valence-corrected chi connectivity index (χ0v) is 13.6. The van der Waals surface area contributed by atoms with Gasteiger partial charge in [0.1, 0.15) is 5.75 Å². The van der Waals surface area contributed by atoms with Gasteiger partial charge in [0, 0.05) is 11.6 Å². The second kappa shape index (κ2) is 5.20. The summed E-state index contributed by atoms with van der Waals surface area (Å²) < 4.78 is 32.6. The van der Waals surface area contributed by atoms with Gasteiger partial charge in [0.15, 0.2) is 0 Å². The fraction of sp³-hybridized carbons (Fsp3) is 0.0667. The Kier molecular flexibility index (Phi) is 3.51. The summed E-state index contributed by atoms with van der Waals surface area (Å²) in [6.07, 6.45) is 1.55. The van der Waals surface area contributed by atoms with Crippen LogP contribution in [0, 0.1) is 0 Å². The molecule has 0 bridgehead atoms. The summed E-state index contributed by atoms with van der Waals surface area (Å²) in [5.41, 5.74) is 0.603. The molecule has 0 aliphatic rings. The molecule has 0 saturated carbocycles. The first-order chi connectivity index (χ1) is 10.0. The minimum atomic E-state index is -3.60. The number of fused-ring (bicyclic) bond motifs is 1. The maximum absolute atomic E-state index is 12.7. The Balaban J connectivity index is 2.24.